The molecule has 0 spiro atoms. The minimum Gasteiger partial charge on any atom is -0.326 e. The predicted octanol–water partition coefficient (Wildman–Crippen LogP) is 5.00. The molecule has 0 radical (unpaired) electrons. The number of amides is 2. The lowest BCUT2D eigenvalue weighted by molar-refractivity contribution is -0.125. The van der Waals surface area contributed by atoms with Crippen LogP contribution in [0.15, 0.2) is 42.5 Å². The normalized spacial score (nSPS) is 19.4. The molecular weight excluding hydrogens is 336 g/mol. The summed E-state index contributed by atoms with van der Waals surface area (Å²) in [6.07, 6.45) is 3.01. The quantitative estimate of drug-likeness (QED) is 0.802. The Morgan fingerprint density at radius 3 is 1.70 bits per heavy atom. The zero-order chi connectivity index (χ0) is 19.4. The maximum atomic E-state index is 12.6. The van der Waals surface area contributed by atoms with Gasteiger partial charge in [0.15, 0.2) is 0 Å². The average Bonchev–Trinajstić information content (AvgIpc) is 2.66. The lowest BCUT2D eigenvalue weighted by Crippen LogP contribution is -2.32. The van der Waals surface area contributed by atoms with Crippen LogP contribution in [0.2, 0.25) is 0 Å². The molecule has 0 heterocycles. The Hall–Kier alpha value is -2.62. The fourth-order valence-electron chi connectivity index (χ4n) is 3.56. The van der Waals surface area contributed by atoms with E-state index in [-0.39, 0.29) is 23.7 Å². The van der Waals surface area contributed by atoms with Gasteiger partial charge >= 0.3 is 0 Å². The molecule has 2 aromatic rings. The molecule has 4 nitrogen and oxygen atoms in total. The first-order chi connectivity index (χ1) is 12.9. The molecule has 0 aromatic heterocycles. The molecule has 2 amide bonds. The van der Waals surface area contributed by atoms with Crippen LogP contribution in [-0.2, 0) is 9.59 Å². The van der Waals surface area contributed by atoms with Crippen molar-refractivity contribution in [3.63, 3.8) is 0 Å². The van der Waals surface area contributed by atoms with Gasteiger partial charge in [-0.1, -0.05) is 23.8 Å². The minimum absolute atomic E-state index is 0.0167. The van der Waals surface area contributed by atoms with E-state index < -0.39 is 0 Å². The van der Waals surface area contributed by atoms with E-state index in [2.05, 4.69) is 17.6 Å². The first kappa shape index (κ1) is 19.2. The number of hydrogen-bond acceptors (Lipinski definition) is 2. The molecule has 0 unspecified atom stereocenters. The number of rotatable bonds is 4. The zero-order valence-corrected chi connectivity index (χ0v) is 16.3. The van der Waals surface area contributed by atoms with E-state index in [4.69, 9.17) is 0 Å². The lowest BCUT2D eigenvalue weighted by Gasteiger charge is -2.27. The molecule has 3 rings (SSSR count). The highest BCUT2D eigenvalue weighted by Crippen LogP contribution is 2.30. The largest absolute Gasteiger partial charge is 0.326 e. The van der Waals surface area contributed by atoms with Crippen LogP contribution in [0.3, 0.4) is 0 Å². The van der Waals surface area contributed by atoms with Crippen LogP contribution in [0.5, 0.6) is 0 Å². The highest BCUT2D eigenvalue weighted by molar-refractivity contribution is 5.94. The van der Waals surface area contributed by atoms with Crippen molar-refractivity contribution in [1.29, 1.82) is 0 Å². The van der Waals surface area contributed by atoms with Crippen molar-refractivity contribution >= 4 is 23.2 Å². The second-order valence-electron chi connectivity index (χ2n) is 7.69. The van der Waals surface area contributed by atoms with Crippen LogP contribution in [0.25, 0.3) is 0 Å². The molecule has 0 bridgehead atoms. The summed E-state index contributed by atoms with van der Waals surface area (Å²) in [6, 6.07) is 13.8. The van der Waals surface area contributed by atoms with Crippen LogP contribution in [0, 0.1) is 32.6 Å². The number of benzene rings is 2. The third-order valence-electron chi connectivity index (χ3n) is 5.56. The maximum absolute atomic E-state index is 12.6. The van der Waals surface area contributed by atoms with Crippen LogP contribution >= 0.6 is 0 Å². The molecule has 2 N–H and O–H groups in total. The summed E-state index contributed by atoms with van der Waals surface area (Å²) in [4.78, 5) is 25.0. The molecule has 27 heavy (non-hydrogen) atoms. The summed E-state index contributed by atoms with van der Waals surface area (Å²) in [7, 11) is 0. The Balaban J connectivity index is 1.50. The Kier molecular flexibility index (Phi) is 5.94. The first-order valence-corrected chi connectivity index (χ1v) is 9.68. The number of nitrogens with one attached hydrogen (secondary N) is 2. The lowest BCUT2D eigenvalue weighted by atomic mass is 9.81. The Morgan fingerprint density at radius 2 is 1.19 bits per heavy atom. The molecular formula is C23H28N2O2. The molecule has 4 heteroatoms. The van der Waals surface area contributed by atoms with E-state index in [1.165, 1.54) is 16.7 Å². The van der Waals surface area contributed by atoms with Gasteiger partial charge in [0, 0.05) is 23.2 Å². The van der Waals surface area contributed by atoms with Gasteiger partial charge in [-0.2, -0.15) is 0 Å². The number of carbonyl (C=O) groups excluding carboxylic acids is 2. The Bertz CT molecular complexity index is 819. The fourth-order valence-corrected chi connectivity index (χ4v) is 3.56. The van der Waals surface area contributed by atoms with Gasteiger partial charge in [0.25, 0.3) is 0 Å². The third-order valence-corrected chi connectivity index (χ3v) is 5.56. The van der Waals surface area contributed by atoms with Gasteiger partial charge in [-0.05, 0) is 81.8 Å². The Morgan fingerprint density at radius 1 is 0.704 bits per heavy atom. The highest BCUT2D eigenvalue weighted by atomic mass is 16.2. The molecule has 0 saturated heterocycles. The van der Waals surface area contributed by atoms with Crippen molar-refractivity contribution in [2.75, 3.05) is 10.6 Å². The molecule has 1 saturated carbocycles. The van der Waals surface area contributed by atoms with Crippen molar-refractivity contribution in [2.24, 2.45) is 11.8 Å². The fraction of sp³-hybridized carbons (Fsp3) is 0.391. The summed E-state index contributed by atoms with van der Waals surface area (Å²) in [5.74, 6) is 0.0922. The van der Waals surface area contributed by atoms with Crippen molar-refractivity contribution in [3.05, 3.63) is 59.2 Å². The molecule has 0 aliphatic heterocycles. The van der Waals surface area contributed by atoms with E-state index >= 15 is 0 Å². The standard InChI is InChI=1S/C23H28N2O2/c1-15-4-11-20(12-5-15)24-22(26)18-7-9-19(10-8-18)23(27)25-21-13-6-16(2)17(3)14-21/h4-6,11-14,18-19H,7-10H2,1-3H3,(H,24,26)(H,25,27). The average molecular weight is 364 g/mol. The predicted molar refractivity (Wildman–Crippen MR) is 110 cm³/mol. The molecule has 1 aliphatic rings. The van der Waals surface area contributed by atoms with Crippen LogP contribution in [0.4, 0.5) is 11.4 Å². The summed E-state index contributed by atoms with van der Waals surface area (Å²) < 4.78 is 0. The van der Waals surface area contributed by atoms with Gasteiger partial charge in [-0.25, -0.2) is 0 Å². The van der Waals surface area contributed by atoms with Gasteiger partial charge in [0.2, 0.25) is 11.8 Å². The summed E-state index contributed by atoms with van der Waals surface area (Å²) >= 11 is 0. The number of carbonyl (C=O) groups is 2. The topological polar surface area (TPSA) is 58.2 Å². The van der Waals surface area contributed by atoms with Crippen molar-refractivity contribution in [3.8, 4) is 0 Å². The summed E-state index contributed by atoms with van der Waals surface area (Å²) in [6.45, 7) is 6.13. The van der Waals surface area contributed by atoms with Gasteiger partial charge in [-0.3, -0.25) is 9.59 Å². The van der Waals surface area contributed by atoms with Crippen molar-refractivity contribution in [1.82, 2.24) is 0 Å². The van der Waals surface area contributed by atoms with Gasteiger partial charge in [0.05, 0.1) is 0 Å². The number of aryl methyl sites for hydroxylation is 3. The van der Waals surface area contributed by atoms with Crippen LogP contribution in [0.1, 0.15) is 42.4 Å². The second-order valence-corrected chi connectivity index (χ2v) is 7.69. The smallest absolute Gasteiger partial charge is 0.227 e. The monoisotopic (exact) mass is 364 g/mol. The molecule has 2 aromatic carbocycles. The van der Waals surface area contributed by atoms with E-state index in [1.807, 2.05) is 56.3 Å². The first-order valence-electron chi connectivity index (χ1n) is 9.68. The zero-order valence-electron chi connectivity index (χ0n) is 16.3. The second kappa shape index (κ2) is 8.38. The van der Waals surface area contributed by atoms with Gasteiger partial charge in [-0.15, -0.1) is 0 Å². The van der Waals surface area contributed by atoms with E-state index in [0.717, 1.165) is 37.1 Å². The summed E-state index contributed by atoms with van der Waals surface area (Å²) in [5, 5.41) is 6.02. The van der Waals surface area contributed by atoms with E-state index in [0.29, 0.717) is 0 Å². The number of anilines is 2. The SMILES string of the molecule is Cc1ccc(NC(=O)C2CCC(C(=O)Nc3ccc(C)c(C)c3)CC2)cc1. The highest BCUT2D eigenvalue weighted by Gasteiger charge is 2.30. The van der Waals surface area contributed by atoms with Crippen LogP contribution < -0.4 is 10.6 Å². The van der Waals surface area contributed by atoms with Gasteiger partial charge < -0.3 is 10.6 Å². The maximum Gasteiger partial charge on any atom is 0.227 e. The molecule has 0 atom stereocenters. The van der Waals surface area contributed by atoms with Crippen molar-refractivity contribution < 1.29 is 9.59 Å². The van der Waals surface area contributed by atoms with E-state index in [9.17, 15) is 9.59 Å². The number of hydrogen-bond donors (Lipinski definition) is 2. The van der Waals surface area contributed by atoms with Crippen molar-refractivity contribution in [2.45, 2.75) is 46.5 Å². The minimum atomic E-state index is -0.0185. The van der Waals surface area contributed by atoms with E-state index in [1.54, 1.807) is 0 Å². The van der Waals surface area contributed by atoms with Crippen LogP contribution in [-0.4, -0.2) is 11.8 Å². The molecule has 1 aliphatic carbocycles. The van der Waals surface area contributed by atoms with Gasteiger partial charge in [0.1, 0.15) is 0 Å². The molecule has 1 fully saturated rings. The Labute approximate surface area is 161 Å². The summed E-state index contributed by atoms with van der Waals surface area (Å²) in [5.41, 5.74) is 5.24. The third kappa shape index (κ3) is 4.97. The molecule has 142 valence electrons.